The molecule has 1 heterocycles. The Morgan fingerprint density at radius 2 is 1.67 bits per heavy atom. The van der Waals surface area contributed by atoms with E-state index in [2.05, 4.69) is 48.3 Å². The van der Waals surface area contributed by atoms with Crippen LogP contribution in [0.1, 0.15) is 39.5 Å². The fourth-order valence-corrected chi connectivity index (χ4v) is 3.37. The monoisotopic (exact) mass is 288 g/mol. The first kappa shape index (κ1) is 14.7. The van der Waals surface area contributed by atoms with Gasteiger partial charge in [-0.1, -0.05) is 13.8 Å². The van der Waals surface area contributed by atoms with E-state index in [1.807, 2.05) is 0 Å². The maximum absolute atomic E-state index is 5.41. The lowest BCUT2D eigenvalue weighted by atomic mass is 9.75. The van der Waals surface area contributed by atoms with Gasteiger partial charge in [0.2, 0.25) is 0 Å². The van der Waals surface area contributed by atoms with Gasteiger partial charge in [-0.15, -0.1) is 0 Å². The van der Waals surface area contributed by atoms with Crippen LogP contribution in [0.25, 0.3) is 0 Å². The lowest BCUT2D eigenvalue weighted by Crippen LogP contribution is -2.36. The second kappa shape index (κ2) is 6.27. The molecule has 1 aliphatic carbocycles. The molecule has 1 aromatic rings. The average Bonchev–Trinajstić information content (AvgIpc) is 2.51. The van der Waals surface area contributed by atoms with E-state index in [4.69, 9.17) is 4.74 Å². The summed E-state index contributed by atoms with van der Waals surface area (Å²) < 4.78 is 5.41. The van der Waals surface area contributed by atoms with Crippen LogP contribution < -0.4 is 10.2 Å². The summed E-state index contributed by atoms with van der Waals surface area (Å²) in [5.41, 5.74) is 3.11. The number of anilines is 2. The van der Waals surface area contributed by atoms with Gasteiger partial charge in [-0.3, -0.25) is 0 Å². The minimum atomic E-state index is 0.540. The molecule has 0 aromatic heterocycles. The van der Waals surface area contributed by atoms with Crippen LogP contribution in [-0.2, 0) is 4.74 Å². The Hall–Kier alpha value is -1.22. The van der Waals surface area contributed by atoms with Crippen molar-refractivity contribution in [3.05, 3.63) is 24.3 Å². The first-order chi connectivity index (χ1) is 10.1. The van der Waals surface area contributed by atoms with E-state index in [9.17, 15) is 0 Å². The predicted octanol–water partition coefficient (Wildman–Crippen LogP) is 3.90. The molecule has 3 nitrogen and oxygen atoms in total. The third-order valence-electron chi connectivity index (χ3n) is 4.95. The molecule has 1 saturated carbocycles. The zero-order chi connectivity index (χ0) is 14.7. The SMILES string of the molecule is CC1(C)CCC(Nc2ccc(N3CCOCC3)cc2)CC1. The lowest BCUT2D eigenvalue weighted by Gasteiger charge is -2.35. The van der Waals surface area contributed by atoms with Crippen molar-refractivity contribution >= 4 is 11.4 Å². The molecule has 1 saturated heterocycles. The number of ether oxygens (including phenoxy) is 1. The highest BCUT2D eigenvalue weighted by atomic mass is 16.5. The van der Waals surface area contributed by atoms with Gasteiger partial charge in [0.05, 0.1) is 13.2 Å². The van der Waals surface area contributed by atoms with Crippen molar-refractivity contribution in [3.63, 3.8) is 0 Å². The molecule has 3 heteroatoms. The Balaban J connectivity index is 1.55. The first-order valence-electron chi connectivity index (χ1n) is 8.32. The number of morpholine rings is 1. The topological polar surface area (TPSA) is 24.5 Å². The number of nitrogens with one attached hydrogen (secondary N) is 1. The Morgan fingerprint density at radius 3 is 2.29 bits per heavy atom. The van der Waals surface area contributed by atoms with Crippen molar-refractivity contribution < 1.29 is 4.74 Å². The Labute approximate surface area is 128 Å². The summed E-state index contributed by atoms with van der Waals surface area (Å²) in [7, 11) is 0. The molecule has 0 unspecified atom stereocenters. The maximum atomic E-state index is 5.41. The second-order valence-electron chi connectivity index (χ2n) is 7.23. The standard InChI is InChI=1S/C18H28N2O/c1-18(2)9-7-16(8-10-18)19-15-3-5-17(6-4-15)20-11-13-21-14-12-20/h3-6,16,19H,7-14H2,1-2H3. The molecule has 0 atom stereocenters. The molecule has 0 bridgehead atoms. The van der Waals surface area contributed by atoms with Crippen molar-refractivity contribution in [2.24, 2.45) is 5.41 Å². The second-order valence-corrected chi connectivity index (χ2v) is 7.23. The fourth-order valence-electron chi connectivity index (χ4n) is 3.37. The van der Waals surface area contributed by atoms with Crippen LogP contribution in [0.5, 0.6) is 0 Å². The van der Waals surface area contributed by atoms with Crippen LogP contribution in [0.4, 0.5) is 11.4 Å². The van der Waals surface area contributed by atoms with Crippen LogP contribution in [0.15, 0.2) is 24.3 Å². The van der Waals surface area contributed by atoms with Crippen molar-refractivity contribution in [1.82, 2.24) is 0 Å². The van der Waals surface area contributed by atoms with Gasteiger partial charge >= 0.3 is 0 Å². The van der Waals surface area contributed by atoms with Crippen molar-refractivity contribution in [2.45, 2.75) is 45.6 Å². The van der Waals surface area contributed by atoms with Crippen LogP contribution in [0.2, 0.25) is 0 Å². The first-order valence-corrected chi connectivity index (χ1v) is 8.32. The van der Waals surface area contributed by atoms with Gasteiger partial charge in [-0.05, 0) is 55.4 Å². The highest BCUT2D eigenvalue weighted by Gasteiger charge is 2.26. The molecule has 1 aliphatic heterocycles. The molecular weight excluding hydrogens is 260 g/mol. The van der Waals surface area contributed by atoms with Gasteiger partial charge < -0.3 is 15.0 Å². The molecule has 2 fully saturated rings. The minimum absolute atomic E-state index is 0.540. The Morgan fingerprint density at radius 1 is 1.05 bits per heavy atom. The van der Waals surface area contributed by atoms with E-state index >= 15 is 0 Å². The molecule has 21 heavy (non-hydrogen) atoms. The third kappa shape index (κ3) is 3.91. The smallest absolute Gasteiger partial charge is 0.0642 e. The molecule has 0 radical (unpaired) electrons. The normalized spacial score (nSPS) is 23.0. The Kier molecular flexibility index (Phi) is 4.39. The number of hydrogen-bond acceptors (Lipinski definition) is 3. The average molecular weight is 288 g/mol. The van der Waals surface area contributed by atoms with Gasteiger partial charge in [0.15, 0.2) is 0 Å². The molecule has 0 spiro atoms. The highest BCUT2D eigenvalue weighted by Crippen LogP contribution is 2.36. The summed E-state index contributed by atoms with van der Waals surface area (Å²) in [6.45, 7) is 8.48. The molecule has 1 aromatic carbocycles. The summed E-state index contributed by atoms with van der Waals surface area (Å²) in [6, 6.07) is 9.57. The predicted molar refractivity (Wildman–Crippen MR) is 89.1 cm³/mol. The van der Waals surface area contributed by atoms with Crippen LogP contribution >= 0.6 is 0 Å². The molecule has 3 rings (SSSR count). The largest absolute Gasteiger partial charge is 0.382 e. The molecule has 0 amide bonds. The van der Waals surface area contributed by atoms with Gasteiger partial charge in [0.25, 0.3) is 0 Å². The van der Waals surface area contributed by atoms with Crippen LogP contribution in [-0.4, -0.2) is 32.3 Å². The number of benzene rings is 1. The number of hydrogen-bond donors (Lipinski definition) is 1. The number of nitrogens with zero attached hydrogens (tertiary/aromatic N) is 1. The van der Waals surface area contributed by atoms with Gasteiger partial charge in [0, 0.05) is 30.5 Å². The van der Waals surface area contributed by atoms with Gasteiger partial charge in [0.1, 0.15) is 0 Å². The van der Waals surface area contributed by atoms with E-state index < -0.39 is 0 Å². The lowest BCUT2D eigenvalue weighted by molar-refractivity contribution is 0.122. The van der Waals surface area contributed by atoms with E-state index in [-0.39, 0.29) is 0 Å². The third-order valence-corrected chi connectivity index (χ3v) is 4.95. The summed E-state index contributed by atoms with van der Waals surface area (Å²) in [6.07, 6.45) is 5.24. The summed E-state index contributed by atoms with van der Waals surface area (Å²) >= 11 is 0. The maximum Gasteiger partial charge on any atom is 0.0642 e. The van der Waals surface area contributed by atoms with Crippen molar-refractivity contribution in [1.29, 1.82) is 0 Å². The minimum Gasteiger partial charge on any atom is -0.382 e. The molecule has 2 aliphatic rings. The van der Waals surface area contributed by atoms with Gasteiger partial charge in [-0.2, -0.15) is 0 Å². The summed E-state index contributed by atoms with van der Waals surface area (Å²) in [5, 5.41) is 3.71. The van der Waals surface area contributed by atoms with Crippen molar-refractivity contribution in [2.75, 3.05) is 36.5 Å². The van der Waals surface area contributed by atoms with E-state index in [1.165, 1.54) is 37.1 Å². The van der Waals surface area contributed by atoms with E-state index in [0.29, 0.717) is 11.5 Å². The van der Waals surface area contributed by atoms with E-state index in [0.717, 1.165) is 26.3 Å². The van der Waals surface area contributed by atoms with Crippen molar-refractivity contribution in [3.8, 4) is 0 Å². The molecule has 1 N–H and O–H groups in total. The zero-order valence-electron chi connectivity index (χ0n) is 13.4. The summed E-state index contributed by atoms with van der Waals surface area (Å²) in [4.78, 5) is 2.40. The zero-order valence-corrected chi connectivity index (χ0v) is 13.4. The van der Waals surface area contributed by atoms with Gasteiger partial charge in [-0.25, -0.2) is 0 Å². The van der Waals surface area contributed by atoms with E-state index in [1.54, 1.807) is 0 Å². The molecule has 116 valence electrons. The quantitative estimate of drug-likeness (QED) is 0.913. The summed E-state index contributed by atoms with van der Waals surface area (Å²) in [5.74, 6) is 0. The number of rotatable bonds is 3. The molecular formula is C18H28N2O. The fraction of sp³-hybridized carbons (Fsp3) is 0.667. The Bertz CT molecular complexity index is 439. The highest BCUT2D eigenvalue weighted by molar-refractivity contribution is 5.55. The van der Waals surface area contributed by atoms with Crippen LogP contribution in [0, 0.1) is 5.41 Å². The van der Waals surface area contributed by atoms with Crippen LogP contribution in [0.3, 0.4) is 0 Å².